The SMILES string of the molecule is COC(=O)c1cccc2sc(CC(OC3CCCC3)C(O[Si](C)(C)C(C)(C)C)c3cc(OC)c(C)c(OC)c3)cc12. The molecule has 1 saturated carbocycles. The molecule has 0 amide bonds. The Morgan fingerprint density at radius 1 is 1.02 bits per heavy atom. The van der Waals surface area contributed by atoms with Gasteiger partial charge in [-0.05, 0) is 73.8 Å². The van der Waals surface area contributed by atoms with Gasteiger partial charge in [0.15, 0.2) is 8.32 Å². The minimum Gasteiger partial charge on any atom is -0.496 e. The first kappa shape index (κ1) is 31.5. The molecule has 3 aromatic rings. The van der Waals surface area contributed by atoms with Crippen molar-refractivity contribution in [3.63, 3.8) is 0 Å². The van der Waals surface area contributed by atoms with E-state index in [-0.39, 0.29) is 29.3 Å². The molecule has 224 valence electrons. The third kappa shape index (κ3) is 6.99. The van der Waals surface area contributed by atoms with Crippen LogP contribution >= 0.6 is 11.3 Å². The van der Waals surface area contributed by atoms with E-state index < -0.39 is 8.32 Å². The molecule has 8 heteroatoms. The van der Waals surface area contributed by atoms with Gasteiger partial charge >= 0.3 is 5.97 Å². The van der Waals surface area contributed by atoms with Crippen LogP contribution in [0.1, 0.15) is 78.9 Å². The second kappa shape index (κ2) is 12.9. The number of fused-ring (bicyclic) bond motifs is 1. The second-order valence-electron chi connectivity index (χ2n) is 12.6. The monoisotopic (exact) mass is 598 g/mol. The van der Waals surface area contributed by atoms with Crippen LogP contribution in [0.2, 0.25) is 18.1 Å². The average Bonchev–Trinajstić information content (AvgIpc) is 3.60. The van der Waals surface area contributed by atoms with Crippen molar-refractivity contribution in [2.45, 2.75) is 96.2 Å². The van der Waals surface area contributed by atoms with Gasteiger partial charge < -0.3 is 23.4 Å². The Labute approximate surface area is 250 Å². The maximum atomic E-state index is 12.5. The van der Waals surface area contributed by atoms with Crippen LogP contribution in [0.25, 0.3) is 10.1 Å². The van der Waals surface area contributed by atoms with E-state index in [1.54, 1.807) is 25.6 Å². The molecule has 0 spiro atoms. The molecule has 1 aliphatic rings. The lowest BCUT2D eigenvalue weighted by molar-refractivity contribution is -0.0701. The molecule has 1 heterocycles. The molecule has 0 bridgehead atoms. The second-order valence-corrected chi connectivity index (χ2v) is 18.5. The standard InChI is InChI=1S/C33H46O6SSi/c1-21-27(35-5)17-22(18-28(21)36-6)31(39-41(8,9)33(2,3)4)29(38-23-13-10-11-14-23)20-24-19-26-25(32(34)37-7)15-12-16-30(26)40-24/h12,15-19,23,29,31H,10-11,13-14,20H2,1-9H3. The van der Waals surface area contributed by atoms with Crippen LogP contribution in [0.4, 0.5) is 0 Å². The van der Waals surface area contributed by atoms with Gasteiger partial charge in [0.05, 0.1) is 45.2 Å². The highest BCUT2D eigenvalue weighted by Crippen LogP contribution is 2.44. The first-order chi connectivity index (χ1) is 19.4. The van der Waals surface area contributed by atoms with Crippen molar-refractivity contribution in [3.8, 4) is 11.5 Å². The van der Waals surface area contributed by atoms with E-state index in [0.29, 0.717) is 12.0 Å². The Morgan fingerprint density at radius 3 is 2.22 bits per heavy atom. The number of rotatable bonds is 11. The molecule has 2 unspecified atom stereocenters. The zero-order valence-electron chi connectivity index (χ0n) is 26.1. The summed E-state index contributed by atoms with van der Waals surface area (Å²) in [7, 11) is 2.57. The number of hydrogen-bond donors (Lipinski definition) is 0. The van der Waals surface area contributed by atoms with Crippen LogP contribution in [-0.4, -0.2) is 47.8 Å². The molecule has 2 aromatic carbocycles. The van der Waals surface area contributed by atoms with E-state index in [1.165, 1.54) is 20.0 Å². The number of carbonyl (C=O) groups excluding carboxylic acids is 1. The summed E-state index contributed by atoms with van der Waals surface area (Å²) in [5.41, 5.74) is 2.54. The Kier molecular flexibility index (Phi) is 9.89. The first-order valence-electron chi connectivity index (χ1n) is 14.5. The molecular formula is C33H46O6SSi. The van der Waals surface area contributed by atoms with Gasteiger partial charge in [0.2, 0.25) is 0 Å². The predicted octanol–water partition coefficient (Wildman–Crippen LogP) is 8.65. The third-order valence-corrected chi connectivity index (χ3v) is 14.3. The van der Waals surface area contributed by atoms with E-state index in [4.69, 9.17) is 23.4 Å². The normalized spacial score (nSPS) is 16.1. The molecule has 0 N–H and O–H groups in total. The van der Waals surface area contributed by atoms with Gasteiger partial charge in [0, 0.05) is 26.9 Å². The zero-order chi connectivity index (χ0) is 29.9. The van der Waals surface area contributed by atoms with Crippen molar-refractivity contribution >= 4 is 35.7 Å². The Balaban J connectivity index is 1.83. The highest BCUT2D eigenvalue weighted by Gasteiger charge is 2.42. The average molecular weight is 599 g/mol. The van der Waals surface area contributed by atoms with Gasteiger partial charge in [-0.2, -0.15) is 0 Å². The molecule has 4 rings (SSSR count). The van der Waals surface area contributed by atoms with Crippen LogP contribution in [-0.2, 0) is 20.3 Å². The van der Waals surface area contributed by atoms with E-state index in [9.17, 15) is 4.79 Å². The summed E-state index contributed by atoms with van der Waals surface area (Å²) in [4.78, 5) is 13.6. The summed E-state index contributed by atoms with van der Waals surface area (Å²) >= 11 is 1.70. The maximum absolute atomic E-state index is 12.5. The summed E-state index contributed by atoms with van der Waals surface area (Å²) in [5.74, 6) is 1.22. The molecule has 41 heavy (non-hydrogen) atoms. The van der Waals surface area contributed by atoms with Crippen LogP contribution in [0.5, 0.6) is 11.5 Å². The van der Waals surface area contributed by atoms with Crippen LogP contribution < -0.4 is 9.47 Å². The molecular weight excluding hydrogens is 553 g/mol. The summed E-state index contributed by atoms with van der Waals surface area (Å²) in [6, 6.07) is 12.1. The van der Waals surface area contributed by atoms with Crippen molar-refractivity contribution in [3.05, 3.63) is 58.0 Å². The lowest BCUT2D eigenvalue weighted by atomic mass is 9.98. The fourth-order valence-electron chi connectivity index (χ4n) is 5.32. The Hall–Kier alpha value is -2.39. The number of ether oxygens (including phenoxy) is 4. The molecule has 0 saturated heterocycles. The number of thiophene rings is 1. The summed E-state index contributed by atoms with van der Waals surface area (Å²) < 4.78 is 31.9. The molecule has 1 aromatic heterocycles. The van der Waals surface area contributed by atoms with Gasteiger partial charge in [0.1, 0.15) is 11.5 Å². The van der Waals surface area contributed by atoms with Crippen molar-refractivity contribution in [2.24, 2.45) is 0 Å². The quantitative estimate of drug-likeness (QED) is 0.163. The van der Waals surface area contributed by atoms with Gasteiger partial charge in [-0.25, -0.2) is 4.79 Å². The lowest BCUT2D eigenvalue weighted by Crippen LogP contribution is -2.45. The third-order valence-electron chi connectivity index (χ3n) is 8.76. The van der Waals surface area contributed by atoms with Crippen LogP contribution in [0, 0.1) is 6.92 Å². The number of carbonyl (C=O) groups is 1. The largest absolute Gasteiger partial charge is 0.496 e. The Morgan fingerprint density at radius 2 is 1.66 bits per heavy atom. The highest BCUT2D eigenvalue weighted by atomic mass is 32.1. The van der Waals surface area contributed by atoms with Gasteiger partial charge in [-0.15, -0.1) is 11.3 Å². The number of benzene rings is 2. The van der Waals surface area contributed by atoms with E-state index in [2.05, 4.69) is 58.1 Å². The van der Waals surface area contributed by atoms with E-state index in [1.807, 2.05) is 19.1 Å². The lowest BCUT2D eigenvalue weighted by Gasteiger charge is -2.42. The number of methoxy groups -OCH3 is 3. The number of esters is 1. The van der Waals surface area contributed by atoms with E-state index >= 15 is 0 Å². The van der Waals surface area contributed by atoms with Crippen molar-refractivity contribution in [2.75, 3.05) is 21.3 Å². The van der Waals surface area contributed by atoms with Crippen LogP contribution in [0.3, 0.4) is 0 Å². The zero-order valence-corrected chi connectivity index (χ0v) is 27.9. The smallest absolute Gasteiger partial charge is 0.338 e. The maximum Gasteiger partial charge on any atom is 0.338 e. The fourth-order valence-corrected chi connectivity index (χ4v) is 7.73. The molecule has 2 atom stereocenters. The molecule has 6 nitrogen and oxygen atoms in total. The van der Waals surface area contributed by atoms with Crippen molar-refractivity contribution < 1.29 is 28.2 Å². The fraction of sp³-hybridized carbons (Fsp3) is 0.545. The topological polar surface area (TPSA) is 63.2 Å². The molecule has 1 fully saturated rings. The van der Waals surface area contributed by atoms with Crippen molar-refractivity contribution in [1.29, 1.82) is 0 Å². The highest BCUT2D eigenvalue weighted by molar-refractivity contribution is 7.19. The van der Waals surface area contributed by atoms with Crippen molar-refractivity contribution in [1.82, 2.24) is 0 Å². The Bertz CT molecular complexity index is 1330. The summed E-state index contributed by atoms with van der Waals surface area (Å²) in [5, 5.41) is 0.925. The minimum atomic E-state index is -2.24. The summed E-state index contributed by atoms with van der Waals surface area (Å²) in [6.45, 7) is 13.4. The number of hydrogen-bond acceptors (Lipinski definition) is 7. The van der Waals surface area contributed by atoms with Gasteiger partial charge in [0.25, 0.3) is 0 Å². The molecule has 0 aliphatic heterocycles. The first-order valence-corrected chi connectivity index (χ1v) is 18.3. The molecule has 1 aliphatic carbocycles. The van der Waals surface area contributed by atoms with Crippen LogP contribution in [0.15, 0.2) is 36.4 Å². The molecule has 0 radical (unpaired) electrons. The predicted molar refractivity (Wildman–Crippen MR) is 169 cm³/mol. The van der Waals surface area contributed by atoms with E-state index in [0.717, 1.165) is 50.4 Å². The minimum absolute atomic E-state index is 0.00898. The summed E-state index contributed by atoms with van der Waals surface area (Å²) in [6.07, 6.45) is 4.77. The van der Waals surface area contributed by atoms with Gasteiger partial charge in [-0.1, -0.05) is 39.7 Å². The van der Waals surface area contributed by atoms with Gasteiger partial charge in [-0.3, -0.25) is 0 Å².